The zero-order valence-electron chi connectivity index (χ0n) is 13.6. The van der Waals surface area contributed by atoms with Crippen molar-refractivity contribution in [2.75, 3.05) is 11.9 Å². The van der Waals surface area contributed by atoms with Gasteiger partial charge in [-0.2, -0.15) is 5.10 Å². The van der Waals surface area contributed by atoms with Crippen molar-refractivity contribution in [2.24, 2.45) is 0 Å². The predicted molar refractivity (Wildman–Crippen MR) is 102 cm³/mol. The zero-order valence-corrected chi connectivity index (χ0v) is 15.1. The molecule has 0 aliphatic carbocycles. The van der Waals surface area contributed by atoms with Crippen molar-refractivity contribution in [3.8, 4) is 5.69 Å². The average molecular weight is 389 g/mol. The van der Waals surface area contributed by atoms with Crippen molar-refractivity contribution in [1.82, 2.24) is 9.78 Å². The third-order valence-corrected chi connectivity index (χ3v) is 5.00. The summed E-state index contributed by atoms with van der Waals surface area (Å²) in [7, 11) is 0. The van der Waals surface area contributed by atoms with E-state index in [1.54, 1.807) is 35.0 Å². The Balaban J connectivity index is 1.80. The van der Waals surface area contributed by atoms with Gasteiger partial charge in [0, 0.05) is 34.6 Å². The van der Waals surface area contributed by atoms with Crippen LogP contribution in [0.5, 0.6) is 0 Å². The minimum Gasteiger partial charge on any atom is -0.369 e. The third kappa shape index (κ3) is 2.91. The first-order valence-electron chi connectivity index (χ1n) is 8.07. The number of para-hydroxylation sites is 2. The molecular formula is C18H14Cl2N4O2. The molecule has 0 saturated heterocycles. The van der Waals surface area contributed by atoms with E-state index in [0.29, 0.717) is 22.2 Å². The number of nitro groups is 1. The third-order valence-electron chi connectivity index (χ3n) is 4.41. The first kappa shape index (κ1) is 16.9. The van der Waals surface area contributed by atoms with Crippen molar-refractivity contribution in [1.29, 1.82) is 0 Å². The molecule has 0 saturated carbocycles. The van der Waals surface area contributed by atoms with Crippen LogP contribution >= 0.6 is 23.2 Å². The van der Waals surface area contributed by atoms with Crippen molar-refractivity contribution >= 4 is 34.7 Å². The van der Waals surface area contributed by atoms with Crippen molar-refractivity contribution in [3.05, 3.63) is 79.4 Å². The van der Waals surface area contributed by atoms with Gasteiger partial charge in [-0.05, 0) is 30.2 Å². The summed E-state index contributed by atoms with van der Waals surface area (Å²) in [6.07, 6.45) is 1.35. The van der Waals surface area contributed by atoms with Crippen LogP contribution in [0.25, 0.3) is 5.69 Å². The molecule has 132 valence electrons. The van der Waals surface area contributed by atoms with E-state index in [4.69, 9.17) is 23.2 Å². The second-order valence-corrected chi connectivity index (χ2v) is 6.86. The normalized spacial score (nSPS) is 12.7. The Morgan fingerprint density at radius 3 is 2.81 bits per heavy atom. The lowest BCUT2D eigenvalue weighted by Crippen LogP contribution is -2.07. The van der Waals surface area contributed by atoms with Gasteiger partial charge >= 0.3 is 0 Å². The summed E-state index contributed by atoms with van der Waals surface area (Å²) in [5, 5.41) is 20.5. The Bertz CT molecular complexity index is 1020. The van der Waals surface area contributed by atoms with Gasteiger partial charge in [0.25, 0.3) is 5.69 Å². The van der Waals surface area contributed by atoms with E-state index in [1.807, 2.05) is 6.07 Å². The van der Waals surface area contributed by atoms with Gasteiger partial charge in [0.2, 0.25) is 0 Å². The molecule has 26 heavy (non-hydrogen) atoms. The fourth-order valence-electron chi connectivity index (χ4n) is 3.21. The number of anilines is 1. The van der Waals surface area contributed by atoms with Crippen LogP contribution in [-0.2, 0) is 12.8 Å². The molecule has 0 spiro atoms. The molecule has 1 aromatic heterocycles. The van der Waals surface area contributed by atoms with Crippen LogP contribution < -0.4 is 5.32 Å². The average Bonchev–Trinajstić information content (AvgIpc) is 3.21. The lowest BCUT2D eigenvalue weighted by atomic mass is 10.1. The maximum atomic E-state index is 11.4. The van der Waals surface area contributed by atoms with E-state index in [0.717, 1.165) is 35.6 Å². The molecule has 1 aliphatic heterocycles. The molecule has 6 nitrogen and oxygen atoms in total. The summed E-state index contributed by atoms with van der Waals surface area (Å²) in [4.78, 5) is 11.0. The lowest BCUT2D eigenvalue weighted by Gasteiger charge is -2.07. The number of hydrogen-bond donors (Lipinski definition) is 1. The van der Waals surface area contributed by atoms with Crippen molar-refractivity contribution in [2.45, 2.75) is 12.8 Å². The number of hydrogen-bond acceptors (Lipinski definition) is 4. The Hall–Kier alpha value is -2.57. The van der Waals surface area contributed by atoms with Gasteiger partial charge in [0.1, 0.15) is 11.5 Å². The molecule has 0 amide bonds. The number of aromatic nitrogens is 2. The van der Waals surface area contributed by atoms with Crippen LogP contribution in [0, 0.1) is 10.1 Å². The summed E-state index contributed by atoms with van der Waals surface area (Å²) in [5.74, 6) is 0.805. The van der Waals surface area contributed by atoms with Gasteiger partial charge in [-0.25, -0.2) is 4.68 Å². The number of nitrogens with zero attached hydrogens (tertiary/aromatic N) is 3. The highest BCUT2D eigenvalue weighted by Crippen LogP contribution is 2.34. The Kier molecular flexibility index (Phi) is 4.30. The zero-order chi connectivity index (χ0) is 18.3. The van der Waals surface area contributed by atoms with Crippen LogP contribution in [0.1, 0.15) is 16.8 Å². The molecule has 0 radical (unpaired) electrons. The van der Waals surface area contributed by atoms with Gasteiger partial charge in [-0.15, -0.1) is 0 Å². The molecule has 2 aromatic carbocycles. The summed E-state index contributed by atoms with van der Waals surface area (Å²) in [6, 6.07) is 12.0. The highest BCUT2D eigenvalue weighted by Gasteiger charge is 2.26. The molecule has 1 N–H and O–H groups in total. The summed E-state index contributed by atoms with van der Waals surface area (Å²) >= 11 is 12.3. The number of fused-ring (bicyclic) bond motifs is 1. The van der Waals surface area contributed by atoms with Gasteiger partial charge in [-0.3, -0.25) is 10.1 Å². The quantitative estimate of drug-likeness (QED) is 0.521. The van der Waals surface area contributed by atoms with Crippen LogP contribution in [0.3, 0.4) is 0 Å². The fourth-order valence-corrected chi connectivity index (χ4v) is 3.68. The van der Waals surface area contributed by atoms with Gasteiger partial charge in [-0.1, -0.05) is 41.4 Å². The number of nitro benzene ring substituents is 1. The topological polar surface area (TPSA) is 73.0 Å². The Labute approximate surface area is 159 Å². The van der Waals surface area contributed by atoms with Crippen molar-refractivity contribution in [3.63, 3.8) is 0 Å². The highest BCUT2D eigenvalue weighted by atomic mass is 35.5. The number of nitrogens with one attached hydrogen (secondary N) is 1. The smallest absolute Gasteiger partial charge is 0.294 e. The maximum absolute atomic E-state index is 11.4. The standard InChI is InChI=1S/C18H14Cl2N4O2/c19-12-6-5-11(14(20)10-12)9-15-13-7-8-21-18(13)23(22-15)16-3-1-2-4-17(16)24(25)26/h1-6,10,21H,7-9H2. The molecule has 4 rings (SSSR count). The van der Waals surface area contributed by atoms with E-state index in [2.05, 4.69) is 10.4 Å². The SMILES string of the molecule is O=[N+]([O-])c1ccccc1-n1nc(Cc2ccc(Cl)cc2Cl)c2c1NCC2. The summed E-state index contributed by atoms with van der Waals surface area (Å²) in [5.41, 5.74) is 3.29. The molecule has 0 atom stereocenters. The summed E-state index contributed by atoms with van der Waals surface area (Å²) < 4.78 is 1.62. The monoisotopic (exact) mass is 388 g/mol. The second kappa shape index (κ2) is 6.63. The molecular weight excluding hydrogens is 375 g/mol. The molecule has 0 unspecified atom stereocenters. The largest absolute Gasteiger partial charge is 0.369 e. The van der Waals surface area contributed by atoms with Gasteiger partial charge < -0.3 is 5.32 Å². The molecule has 3 aromatic rings. The van der Waals surface area contributed by atoms with E-state index in [1.165, 1.54) is 6.07 Å². The fraction of sp³-hybridized carbons (Fsp3) is 0.167. The van der Waals surface area contributed by atoms with E-state index in [9.17, 15) is 10.1 Å². The highest BCUT2D eigenvalue weighted by molar-refractivity contribution is 6.35. The van der Waals surface area contributed by atoms with E-state index in [-0.39, 0.29) is 5.69 Å². The van der Waals surface area contributed by atoms with Crippen LogP contribution in [-0.4, -0.2) is 21.2 Å². The van der Waals surface area contributed by atoms with Crippen LogP contribution in [0.4, 0.5) is 11.5 Å². The van der Waals surface area contributed by atoms with Gasteiger partial charge in [0.05, 0.1) is 10.6 Å². The maximum Gasteiger partial charge on any atom is 0.294 e. The first-order chi connectivity index (χ1) is 12.5. The second-order valence-electron chi connectivity index (χ2n) is 6.02. The number of rotatable bonds is 4. The van der Waals surface area contributed by atoms with Crippen LogP contribution in [0.2, 0.25) is 10.0 Å². The summed E-state index contributed by atoms with van der Waals surface area (Å²) in [6.45, 7) is 0.773. The minimum absolute atomic E-state index is 0.0163. The minimum atomic E-state index is -0.395. The Morgan fingerprint density at radius 1 is 1.23 bits per heavy atom. The molecule has 2 heterocycles. The van der Waals surface area contributed by atoms with Crippen molar-refractivity contribution < 1.29 is 4.92 Å². The number of benzene rings is 2. The molecule has 1 aliphatic rings. The first-order valence-corrected chi connectivity index (χ1v) is 8.82. The number of halogens is 2. The van der Waals surface area contributed by atoms with E-state index >= 15 is 0 Å². The lowest BCUT2D eigenvalue weighted by molar-refractivity contribution is -0.384. The Morgan fingerprint density at radius 2 is 2.04 bits per heavy atom. The molecule has 8 heteroatoms. The van der Waals surface area contributed by atoms with Crippen LogP contribution in [0.15, 0.2) is 42.5 Å². The van der Waals surface area contributed by atoms with Gasteiger partial charge in [0.15, 0.2) is 0 Å². The predicted octanol–water partition coefficient (Wildman–Crippen LogP) is 4.65. The molecule has 0 fully saturated rings. The molecule has 0 bridgehead atoms. The van der Waals surface area contributed by atoms with E-state index < -0.39 is 4.92 Å².